The lowest BCUT2D eigenvalue weighted by Crippen LogP contribution is -2.31. The predicted octanol–water partition coefficient (Wildman–Crippen LogP) is 4.51. The number of anilines is 1. The van der Waals surface area contributed by atoms with Crippen LogP contribution in [0.1, 0.15) is 39.2 Å². The summed E-state index contributed by atoms with van der Waals surface area (Å²) >= 11 is 3.11. The largest absolute Gasteiger partial charge is 0.453 e. The number of rotatable bonds is 8. The number of amides is 3. The maximum absolute atomic E-state index is 12.3. The van der Waals surface area contributed by atoms with Gasteiger partial charge in [0.25, 0.3) is 5.91 Å². The maximum Gasteiger partial charge on any atom is 0.413 e. The van der Waals surface area contributed by atoms with Crippen molar-refractivity contribution in [1.29, 1.82) is 0 Å². The molecular formula is C20H24N2O4S2. The van der Waals surface area contributed by atoms with Crippen molar-refractivity contribution in [2.24, 2.45) is 0 Å². The fourth-order valence-electron chi connectivity index (χ4n) is 2.48. The Morgan fingerprint density at radius 1 is 1.14 bits per heavy atom. The average Bonchev–Trinajstić information content (AvgIpc) is 2.95. The molecule has 0 bridgehead atoms. The Bertz CT molecular complexity index is 834. The fraction of sp³-hybridized carbons (Fsp3) is 0.350. The predicted molar refractivity (Wildman–Crippen MR) is 114 cm³/mol. The van der Waals surface area contributed by atoms with Gasteiger partial charge < -0.3 is 10.1 Å². The third kappa shape index (κ3) is 6.38. The highest BCUT2D eigenvalue weighted by Crippen LogP contribution is 2.32. The first-order valence-corrected chi connectivity index (χ1v) is 10.8. The van der Waals surface area contributed by atoms with Crippen LogP contribution in [0, 0.1) is 13.8 Å². The number of hydrogen-bond acceptors (Lipinski definition) is 6. The summed E-state index contributed by atoms with van der Waals surface area (Å²) in [5, 5.41) is 5.41. The molecule has 8 heteroatoms. The van der Waals surface area contributed by atoms with Crippen molar-refractivity contribution >= 4 is 46.0 Å². The zero-order valence-electron chi connectivity index (χ0n) is 16.2. The van der Waals surface area contributed by atoms with Gasteiger partial charge in [0.15, 0.2) is 0 Å². The van der Waals surface area contributed by atoms with Gasteiger partial charge in [-0.15, -0.1) is 11.3 Å². The number of aryl methyl sites for hydroxylation is 1. The van der Waals surface area contributed by atoms with Crippen LogP contribution in [0.25, 0.3) is 0 Å². The molecule has 3 amide bonds. The molecule has 0 atom stereocenters. The molecule has 0 spiro atoms. The van der Waals surface area contributed by atoms with Gasteiger partial charge in [0, 0.05) is 17.1 Å². The summed E-state index contributed by atoms with van der Waals surface area (Å²) in [4.78, 5) is 36.8. The van der Waals surface area contributed by atoms with E-state index in [2.05, 4.69) is 27.5 Å². The summed E-state index contributed by atoms with van der Waals surface area (Å²) in [7, 11) is 1.19. The smallest absolute Gasteiger partial charge is 0.413 e. The van der Waals surface area contributed by atoms with Crippen molar-refractivity contribution in [3.8, 4) is 0 Å². The lowest BCUT2D eigenvalue weighted by Gasteiger charge is -2.08. The zero-order valence-corrected chi connectivity index (χ0v) is 17.8. The summed E-state index contributed by atoms with van der Waals surface area (Å²) < 4.78 is 4.46. The van der Waals surface area contributed by atoms with Crippen molar-refractivity contribution < 1.29 is 19.1 Å². The topological polar surface area (TPSA) is 84.5 Å². The van der Waals surface area contributed by atoms with Crippen molar-refractivity contribution in [3.05, 3.63) is 51.9 Å². The number of benzene rings is 1. The monoisotopic (exact) mass is 420 g/mol. The Balaban J connectivity index is 1.85. The van der Waals surface area contributed by atoms with E-state index in [0.717, 1.165) is 28.4 Å². The molecule has 150 valence electrons. The molecule has 1 aromatic carbocycles. The van der Waals surface area contributed by atoms with Crippen molar-refractivity contribution in [2.75, 3.05) is 18.2 Å². The second-order valence-corrected chi connectivity index (χ2v) is 8.45. The van der Waals surface area contributed by atoms with E-state index in [9.17, 15) is 14.4 Å². The maximum atomic E-state index is 12.3. The Morgan fingerprint density at radius 2 is 1.86 bits per heavy atom. The number of methoxy groups -OCH3 is 1. The van der Waals surface area contributed by atoms with Gasteiger partial charge >= 0.3 is 6.09 Å². The van der Waals surface area contributed by atoms with Gasteiger partial charge in [-0.05, 0) is 37.1 Å². The number of imide groups is 1. The summed E-state index contributed by atoms with van der Waals surface area (Å²) in [5.41, 5.74) is 2.31. The summed E-state index contributed by atoms with van der Waals surface area (Å²) in [5.74, 6) is 1.07. The molecule has 0 aliphatic heterocycles. The van der Waals surface area contributed by atoms with Crippen molar-refractivity contribution in [3.63, 3.8) is 0 Å². The first-order chi connectivity index (χ1) is 13.4. The first-order valence-electron chi connectivity index (χ1n) is 8.83. The molecule has 2 rings (SSSR count). The highest BCUT2D eigenvalue weighted by molar-refractivity contribution is 7.98. The number of thiophene rings is 1. The number of carbonyl (C=O) groups excluding carboxylic acids is 3. The SMILES string of the molecule is COC(=O)NC(=O)c1c(NC(=O)CCCSCc2ccccc2)sc(C)c1C. The minimum Gasteiger partial charge on any atom is -0.453 e. The first kappa shape index (κ1) is 22.0. The van der Waals surface area contributed by atoms with Crippen LogP contribution in [-0.2, 0) is 15.3 Å². The molecule has 2 N–H and O–H groups in total. The fourth-order valence-corrected chi connectivity index (χ4v) is 4.48. The normalized spacial score (nSPS) is 10.4. The van der Waals surface area contributed by atoms with Crippen LogP contribution in [-0.4, -0.2) is 30.8 Å². The van der Waals surface area contributed by atoms with Crippen molar-refractivity contribution in [1.82, 2.24) is 5.32 Å². The zero-order chi connectivity index (χ0) is 20.5. The molecule has 1 heterocycles. The number of ether oxygens (including phenoxy) is 1. The van der Waals surface area contributed by atoms with E-state index < -0.39 is 12.0 Å². The van der Waals surface area contributed by atoms with Gasteiger partial charge in [-0.3, -0.25) is 14.9 Å². The Morgan fingerprint density at radius 3 is 2.54 bits per heavy atom. The average molecular weight is 421 g/mol. The number of thioether (sulfide) groups is 1. The molecule has 0 aliphatic rings. The van der Waals surface area contributed by atoms with Crippen LogP contribution in [0.4, 0.5) is 9.80 Å². The summed E-state index contributed by atoms with van der Waals surface area (Å²) in [6.07, 6.45) is 0.285. The van der Waals surface area contributed by atoms with Crippen LogP contribution in [0.3, 0.4) is 0 Å². The van der Waals surface area contributed by atoms with E-state index in [-0.39, 0.29) is 5.91 Å². The molecule has 6 nitrogen and oxygen atoms in total. The molecule has 0 aliphatic carbocycles. The van der Waals surface area contributed by atoms with E-state index in [1.54, 1.807) is 18.7 Å². The van der Waals surface area contributed by atoms with E-state index in [1.807, 2.05) is 25.1 Å². The third-order valence-corrected chi connectivity index (χ3v) is 6.31. The van der Waals surface area contributed by atoms with E-state index >= 15 is 0 Å². The van der Waals surface area contributed by atoms with Crippen molar-refractivity contribution in [2.45, 2.75) is 32.4 Å². The number of carbonyl (C=O) groups is 3. The molecule has 0 saturated carbocycles. The minimum atomic E-state index is -0.832. The van der Waals surface area contributed by atoms with Gasteiger partial charge in [0.2, 0.25) is 5.91 Å². The van der Waals surface area contributed by atoms with Crippen LogP contribution < -0.4 is 10.6 Å². The van der Waals surface area contributed by atoms with Gasteiger partial charge in [-0.25, -0.2) is 4.79 Å². The molecule has 0 saturated heterocycles. The summed E-state index contributed by atoms with van der Waals surface area (Å²) in [6.45, 7) is 3.65. The molecule has 28 heavy (non-hydrogen) atoms. The summed E-state index contributed by atoms with van der Waals surface area (Å²) in [6, 6.07) is 10.2. The van der Waals surface area contributed by atoms with E-state index in [4.69, 9.17) is 0 Å². The van der Waals surface area contributed by atoms with Gasteiger partial charge in [0.05, 0.1) is 12.7 Å². The standard InChI is InChI=1S/C20H24N2O4S2/c1-13-14(2)28-19(17(13)18(24)22-20(25)26-3)21-16(23)10-7-11-27-12-15-8-5-4-6-9-15/h4-6,8-9H,7,10-12H2,1-3H3,(H,21,23)(H,22,24,25). The third-order valence-electron chi connectivity index (χ3n) is 4.07. The van der Waals surface area contributed by atoms with Crippen LogP contribution >= 0.6 is 23.1 Å². The molecule has 0 fully saturated rings. The number of nitrogens with one attached hydrogen (secondary N) is 2. The van der Waals surface area contributed by atoms with Crippen LogP contribution in [0.5, 0.6) is 0 Å². The minimum absolute atomic E-state index is 0.145. The number of alkyl carbamates (subject to hydrolysis) is 1. The second kappa shape index (κ2) is 10.9. The lowest BCUT2D eigenvalue weighted by atomic mass is 10.1. The quantitative estimate of drug-likeness (QED) is 0.614. The molecular weight excluding hydrogens is 396 g/mol. The number of hydrogen-bond donors (Lipinski definition) is 2. The molecule has 0 unspecified atom stereocenters. The van der Waals surface area contributed by atoms with Gasteiger partial charge in [-0.2, -0.15) is 11.8 Å². The molecule has 1 aromatic heterocycles. The van der Waals surface area contributed by atoms with Crippen LogP contribution in [0.15, 0.2) is 30.3 Å². The second-order valence-electron chi connectivity index (χ2n) is 6.12. The Kier molecular flexibility index (Phi) is 8.53. The highest BCUT2D eigenvalue weighted by Gasteiger charge is 2.22. The van der Waals surface area contributed by atoms with Gasteiger partial charge in [-0.1, -0.05) is 30.3 Å². The highest BCUT2D eigenvalue weighted by atomic mass is 32.2. The lowest BCUT2D eigenvalue weighted by molar-refractivity contribution is -0.116. The van der Waals surface area contributed by atoms with E-state index in [1.165, 1.54) is 24.0 Å². The van der Waals surface area contributed by atoms with Crippen LogP contribution in [0.2, 0.25) is 0 Å². The Labute approximate surface area is 173 Å². The molecule has 2 aromatic rings. The van der Waals surface area contributed by atoms with Gasteiger partial charge in [0.1, 0.15) is 5.00 Å². The van der Waals surface area contributed by atoms with E-state index in [0.29, 0.717) is 17.0 Å². The Hall–Kier alpha value is -2.32. The molecule has 0 radical (unpaired) electrons.